The normalized spacial score (nSPS) is 19.7. The lowest BCUT2D eigenvalue weighted by Gasteiger charge is -2.41. The van der Waals surface area contributed by atoms with E-state index < -0.39 is 0 Å². The van der Waals surface area contributed by atoms with Crippen LogP contribution in [0, 0.1) is 0 Å². The van der Waals surface area contributed by atoms with Gasteiger partial charge in [-0.2, -0.15) is 0 Å². The van der Waals surface area contributed by atoms with Crippen molar-refractivity contribution in [1.82, 2.24) is 24.3 Å². The Bertz CT molecular complexity index is 1460. The third-order valence-corrected chi connectivity index (χ3v) is 9.22. The largest absolute Gasteiger partial charge is 0.383 e. The molecule has 1 amide bonds. The topological polar surface area (TPSA) is 53.8 Å². The second-order valence-electron chi connectivity index (χ2n) is 12.2. The van der Waals surface area contributed by atoms with Gasteiger partial charge in [0.05, 0.1) is 18.6 Å². The first-order chi connectivity index (χ1) is 21.7. The SMILES string of the molecule is COCCN1CCCCC1Cn1cnc(C(=O)N2CCN(Cc3ccccc3)C[C@H]2Cc2ccccc2)c1-c1ccccc1. The van der Waals surface area contributed by atoms with Gasteiger partial charge in [0.25, 0.3) is 5.91 Å². The molecule has 2 aliphatic rings. The van der Waals surface area contributed by atoms with E-state index in [1.165, 1.54) is 24.0 Å². The van der Waals surface area contributed by atoms with Crippen molar-refractivity contribution in [1.29, 1.82) is 0 Å². The number of amides is 1. The molecular formula is C37H45N5O2. The Kier molecular flexibility index (Phi) is 10.2. The smallest absolute Gasteiger partial charge is 0.275 e. The number of hydrogen-bond donors (Lipinski definition) is 0. The van der Waals surface area contributed by atoms with Crippen LogP contribution in [0.1, 0.15) is 40.9 Å². The molecule has 4 aromatic rings. The lowest BCUT2D eigenvalue weighted by Crippen LogP contribution is -2.55. The minimum Gasteiger partial charge on any atom is -0.383 e. The maximum Gasteiger partial charge on any atom is 0.275 e. The number of likely N-dealkylation sites (tertiary alicyclic amines) is 1. The molecule has 2 aliphatic heterocycles. The van der Waals surface area contributed by atoms with Gasteiger partial charge in [-0.15, -0.1) is 0 Å². The van der Waals surface area contributed by atoms with Crippen LogP contribution in [0.4, 0.5) is 0 Å². The van der Waals surface area contributed by atoms with Crippen molar-refractivity contribution in [2.75, 3.05) is 46.4 Å². The summed E-state index contributed by atoms with van der Waals surface area (Å²) in [4.78, 5) is 26.6. The number of imidazole rings is 1. The molecular weight excluding hydrogens is 546 g/mol. The summed E-state index contributed by atoms with van der Waals surface area (Å²) in [7, 11) is 1.77. The number of methoxy groups -OCH3 is 1. The van der Waals surface area contributed by atoms with E-state index in [9.17, 15) is 4.79 Å². The highest BCUT2D eigenvalue weighted by Crippen LogP contribution is 2.29. The quantitative estimate of drug-likeness (QED) is 0.227. The highest BCUT2D eigenvalue weighted by Gasteiger charge is 2.34. The molecule has 7 heteroatoms. The fourth-order valence-corrected chi connectivity index (χ4v) is 6.94. The molecule has 0 spiro atoms. The molecule has 1 aromatic heterocycles. The molecule has 2 fully saturated rings. The van der Waals surface area contributed by atoms with Crippen molar-refractivity contribution in [3.8, 4) is 11.3 Å². The predicted molar refractivity (Wildman–Crippen MR) is 175 cm³/mol. The van der Waals surface area contributed by atoms with Crippen LogP contribution in [-0.2, 0) is 24.2 Å². The van der Waals surface area contributed by atoms with Gasteiger partial charge in [0.15, 0.2) is 5.69 Å². The number of carbonyl (C=O) groups excluding carboxylic acids is 1. The Morgan fingerprint density at radius 2 is 1.55 bits per heavy atom. The third kappa shape index (κ3) is 7.29. The van der Waals surface area contributed by atoms with Crippen LogP contribution in [0.3, 0.4) is 0 Å². The summed E-state index contributed by atoms with van der Waals surface area (Å²) in [5.41, 5.74) is 5.08. The van der Waals surface area contributed by atoms with Gasteiger partial charge in [-0.1, -0.05) is 97.4 Å². The van der Waals surface area contributed by atoms with E-state index in [0.717, 1.165) is 70.0 Å². The van der Waals surface area contributed by atoms with Crippen molar-refractivity contribution in [3.63, 3.8) is 0 Å². The average molecular weight is 592 g/mol. The first-order valence-electron chi connectivity index (χ1n) is 16.1. The molecule has 44 heavy (non-hydrogen) atoms. The standard InChI is InChI=1S/C37H45N5O2/c1-44-24-23-40-20-12-11-19-33(40)28-41-29-38-35(36(41)32-17-9-4-10-18-32)37(43)42-22-21-39(26-31-15-7-3-8-16-31)27-34(42)25-30-13-5-2-6-14-30/h2-10,13-18,29,33-34H,11-12,19-28H2,1H3/t33?,34-/m1/s1. The summed E-state index contributed by atoms with van der Waals surface area (Å²) in [6, 6.07) is 32.0. The van der Waals surface area contributed by atoms with Crippen LogP contribution >= 0.6 is 0 Å². The Labute approximate surface area is 262 Å². The highest BCUT2D eigenvalue weighted by atomic mass is 16.5. The number of benzene rings is 3. The summed E-state index contributed by atoms with van der Waals surface area (Å²) in [6.45, 7) is 6.79. The zero-order valence-electron chi connectivity index (χ0n) is 25.9. The van der Waals surface area contributed by atoms with E-state index in [1.54, 1.807) is 7.11 Å². The van der Waals surface area contributed by atoms with Crippen LogP contribution in [0.2, 0.25) is 0 Å². The van der Waals surface area contributed by atoms with Gasteiger partial charge in [-0.3, -0.25) is 14.6 Å². The summed E-state index contributed by atoms with van der Waals surface area (Å²) in [5.74, 6) is 0.0304. The number of hydrogen-bond acceptors (Lipinski definition) is 5. The molecule has 6 rings (SSSR count). The molecule has 2 saturated heterocycles. The summed E-state index contributed by atoms with van der Waals surface area (Å²) in [5, 5.41) is 0. The maximum absolute atomic E-state index is 14.6. The number of carbonyl (C=O) groups is 1. The van der Waals surface area contributed by atoms with Gasteiger partial charge in [-0.25, -0.2) is 4.98 Å². The van der Waals surface area contributed by atoms with Gasteiger partial charge in [0.1, 0.15) is 0 Å². The zero-order chi connectivity index (χ0) is 30.1. The van der Waals surface area contributed by atoms with E-state index in [4.69, 9.17) is 9.72 Å². The number of rotatable bonds is 11. The van der Waals surface area contributed by atoms with E-state index in [1.807, 2.05) is 24.5 Å². The number of ether oxygens (including phenoxy) is 1. The van der Waals surface area contributed by atoms with Gasteiger partial charge in [-0.05, 0) is 36.9 Å². The van der Waals surface area contributed by atoms with Crippen molar-refractivity contribution in [2.24, 2.45) is 0 Å². The van der Waals surface area contributed by atoms with Crippen LogP contribution in [0.5, 0.6) is 0 Å². The monoisotopic (exact) mass is 591 g/mol. The Morgan fingerprint density at radius 1 is 0.841 bits per heavy atom. The summed E-state index contributed by atoms with van der Waals surface area (Å²) in [6.07, 6.45) is 6.30. The van der Waals surface area contributed by atoms with Crippen molar-refractivity contribution < 1.29 is 9.53 Å². The Hall–Kier alpha value is -3.78. The van der Waals surface area contributed by atoms with E-state index >= 15 is 0 Å². The Morgan fingerprint density at radius 3 is 2.27 bits per heavy atom. The zero-order valence-corrected chi connectivity index (χ0v) is 25.9. The molecule has 0 bridgehead atoms. The number of piperidine rings is 1. The van der Waals surface area contributed by atoms with Gasteiger partial charge in [0.2, 0.25) is 0 Å². The molecule has 230 valence electrons. The molecule has 3 heterocycles. The average Bonchev–Trinajstić information content (AvgIpc) is 3.49. The van der Waals surface area contributed by atoms with E-state index in [0.29, 0.717) is 18.3 Å². The number of piperazine rings is 1. The van der Waals surface area contributed by atoms with Gasteiger partial charge >= 0.3 is 0 Å². The predicted octanol–water partition coefficient (Wildman–Crippen LogP) is 5.62. The molecule has 0 radical (unpaired) electrons. The lowest BCUT2D eigenvalue weighted by atomic mass is 10.00. The fraction of sp³-hybridized carbons (Fsp3) is 0.405. The number of nitrogens with zero attached hydrogens (tertiary/aromatic N) is 5. The van der Waals surface area contributed by atoms with Crippen molar-refractivity contribution in [3.05, 3.63) is 114 Å². The third-order valence-electron chi connectivity index (χ3n) is 9.22. The fourth-order valence-electron chi connectivity index (χ4n) is 6.94. The van der Waals surface area contributed by atoms with Gasteiger partial charge in [0, 0.05) is 64.0 Å². The first kappa shape index (κ1) is 30.3. The van der Waals surface area contributed by atoms with Crippen molar-refractivity contribution in [2.45, 2.75) is 50.9 Å². The molecule has 0 N–H and O–H groups in total. The summed E-state index contributed by atoms with van der Waals surface area (Å²) >= 11 is 0. The minimum atomic E-state index is 0.0304. The Balaban J connectivity index is 1.28. The maximum atomic E-state index is 14.6. The minimum absolute atomic E-state index is 0.0304. The molecule has 3 aromatic carbocycles. The first-order valence-corrected chi connectivity index (χ1v) is 16.1. The molecule has 1 unspecified atom stereocenters. The molecule has 0 saturated carbocycles. The van der Waals surface area contributed by atoms with Crippen molar-refractivity contribution >= 4 is 5.91 Å². The molecule has 7 nitrogen and oxygen atoms in total. The number of aromatic nitrogens is 2. The summed E-state index contributed by atoms with van der Waals surface area (Å²) < 4.78 is 7.65. The second kappa shape index (κ2) is 14.8. The molecule has 0 aliphatic carbocycles. The van der Waals surface area contributed by atoms with Crippen LogP contribution in [0.15, 0.2) is 97.3 Å². The van der Waals surface area contributed by atoms with Gasteiger partial charge < -0.3 is 14.2 Å². The van der Waals surface area contributed by atoms with Crippen LogP contribution in [0.25, 0.3) is 11.3 Å². The lowest BCUT2D eigenvalue weighted by molar-refractivity contribution is 0.0434. The highest BCUT2D eigenvalue weighted by molar-refractivity contribution is 5.98. The second-order valence-corrected chi connectivity index (χ2v) is 12.2. The van der Waals surface area contributed by atoms with E-state index in [2.05, 4.69) is 92.1 Å². The van der Waals surface area contributed by atoms with Crippen LogP contribution < -0.4 is 0 Å². The van der Waals surface area contributed by atoms with E-state index in [-0.39, 0.29) is 11.9 Å². The van der Waals surface area contributed by atoms with Crippen LogP contribution in [-0.4, -0.2) is 88.7 Å². The molecule has 2 atom stereocenters.